The number of ketones is 1. The molecule has 6 heteroatoms. The van der Waals surface area contributed by atoms with Crippen LogP contribution in [0.1, 0.15) is 55.2 Å². The first kappa shape index (κ1) is 24.3. The number of carbonyl (C=O) groups excluding carboxylic acids is 2. The molecule has 0 spiro atoms. The Kier molecular flexibility index (Phi) is 7.67. The van der Waals surface area contributed by atoms with Crippen molar-refractivity contribution in [2.24, 2.45) is 5.92 Å². The van der Waals surface area contributed by atoms with Gasteiger partial charge in [0.2, 0.25) is 0 Å². The molecule has 3 rings (SSSR count). The summed E-state index contributed by atoms with van der Waals surface area (Å²) < 4.78 is 11.3. The van der Waals surface area contributed by atoms with E-state index in [1.54, 1.807) is 32.5 Å². The number of esters is 1. The van der Waals surface area contributed by atoms with E-state index in [9.17, 15) is 9.59 Å². The number of hydrogen-bond acceptors (Lipinski definition) is 6. The molecule has 2 atom stereocenters. The van der Waals surface area contributed by atoms with Crippen molar-refractivity contribution >= 4 is 23.5 Å². The average Bonchev–Trinajstić information content (AvgIpc) is 3.26. The van der Waals surface area contributed by atoms with E-state index in [0.29, 0.717) is 18.9 Å². The lowest BCUT2D eigenvalue weighted by Crippen LogP contribution is -2.40. The Balaban J connectivity index is 0.00000385. The fourth-order valence-corrected chi connectivity index (χ4v) is 4.64. The van der Waals surface area contributed by atoms with E-state index in [-0.39, 0.29) is 25.0 Å². The van der Waals surface area contributed by atoms with Crippen LogP contribution in [0.5, 0.6) is 5.75 Å². The monoisotopic (exact) mass is 457 g/mol. The number of hydrogen-bond donors (Lipinski definition) is 1. The van der Waals surface area contributed by atoms with Crippen LogP contribution in [-0.4, -0.2) is 43.3 Å². The molecular weight excluding hydrogens is 422 g/mol. The van der Waals surface area contributed by atoms with Crippen molar-refractivity contribution in [2.45, 2.75) is 51.0 Å². The second kappa shape index (κ2) is 10.1. The summed E-state index contributed by atoms with van der Waals surface area (Å²) >= 11 is 1.67. The zero-order chi connectivity index (χ0) is 23.5. The lowest BCUT2D eigenvalue weighted by molar-refractivity contribution is -0.158. The topological polar surface area (TPSA) is 64.6 Å². The van der Waals surface area contributed by atoms with Crippen LogP contribution < -0.4 is 10.1 Å². The minimum atomic E-state index is -1.08. The van der Waals surface area contributed by atoms with Gasteiger partial charge in [-0.3, -0.25) is 4.79 Å². The molecule has 0 bridgehead atoms. The molecule has 1 fully saturated rings. The Morgan fingerprint density at radius 2 is 1.75 bits per heavy atom. The van der Waals surface area contributed by atoms with E-state index in [0.717, 1.165) is 33.7 Å². The van der Waals surface area contributed by atoms with E-state index >= 15 is 0 Å². The van der Waals surface area contributed by atoms with Crippen LogP contribution in [-0.2, 0) is 9.53 Å². The average molecular weight is 458 g/mol. The number of nitrogens with one attached hydrogen (secondary N) is 1. The molecule has 2 aromatic rings. The number of benzene rings is 2. The van der Waals surface area contributed by atoms with Gasteiger partial charge in [-0.05, 0) is 69.7 Å². The van der Waals surface area contributed by atoms with Gasteiger partial charge in [0, 0.05) is 36.8 Å². The molecule has 0 saturated carbocycles. The summed E-state index contributed by atoms with van der Waals surface area (Å²) in [6, 6.07) is 12.0. The predicted octanol–water partition coefficient (Wildman–Crippen LogP) is 5.18. The maximum Gasteiger partial charge on any atom is 0.349 e. The third kappa shape index (κ3) is 5.18. The molecule has 32 heavy (non-hydrogen) atoms. The molecule has 174 valence electrons. The van der Waals surface area contributed by atoms with Gasteiger partial charge in [0.15, 0.2) is 11.4 Å². The molecule has 0 radical (unpaired) electrons. The lowest BCUT2D eigenvalue weighted by atomic mass is 9.82. The molecule has 1 aliphatic heterocycles. The van der Waals surface area contributed by atoms with Gasteiger partial charge in [-0.15, -0.1) is 11.8 Å². The van der Waals surface area contributed by atoms with Gasteiger partial charge >= 0.3 is 5.97 Å². The number of Topliss-reactive ketones (excluding diaryl/α,β-unsaturated/α-hetero) is 1. The molecule has 0 amide bonds. The molecule has 1 heterocycles. The van der Waals surface area contributed by atoms with E-state index in [1.165, 1.54) is 0 Å². The highest BCUT2D eigenvalue weighted by molar-refractivity contribution is 7.98. The summed E-state index contributed by atoms with van der Waals surface area (Å²) in [5.41, 5.74) is 2.68. The molecule has 1 N–H and O–H groups in total. The third-order valence-electron chi connectivity index (χ3n) is 5.96. The zero-order valence-corrected chi connectivity index (χ0v) is 20.6. The SMILES string of the molecule is CCOC(=O)C(C)(C)Oc1c(C)cc([C@@H]2CNCC2C(=O)c2ccc(SC)cc2)cc1C.[HH]. The molecule has 0 aliphatic carbocycles. The Morgan fingerprint density at radius 3 is 2.31 bits per heavy atom. The second-order valence-corrected chi connectivity index (χ2v) is 9.66. The fourth-order valence-electron chi connectivity index (χ4n) is 4.23. The Labute approximate surface area is 196 Å². The van der Waals surface area contributed by atoms with Gasteiger partial charge in [0.1, 0.15) is 5.75 Å². The van der Waals surface area contributed by atoms with Crippen LogP contribution in [0.2, 0.25) is 0 Å². The summed E-state index contributed by atoms with van der Waals surface area (Å²) in [6.45, 7) is 10.9. The number of aryl methyl sites for hydroxylation is 2. The van der Waals surface area contributed by atoms with Gasteiger partial charge in [0.05, 0.1) is 6.61 Å². The van der Waals surface area contributed by atoms with Crippen LogP contribution in [0.4, 0.5) is 0 Å². The molecule has 2 aromatic carbocycles. The summed E-state index contributed by atoms with van der Waals surface area (Å²) in [5, 5.41) is 3.40. The Hall–Kier alpha value is -2.31. The van der Waals surface area contributed by atoms with Crippen molar-refractivity contribution in [1.29, 1.82) is 0 Å². The first-order valence-corrected chi connectivity index (χ1v) is 12.3. The maximum absolute atomic E-state index is 13.3. The molecule has 5 nitrogen and oxygen atoms in total. The summed E-state index contributed by atoms with van der Waals surface area (Å²) in [6.07, 6.45) is 2.03. The van der Waals surface area contributed by atoms with Crippen molar-refractivity contribution in [1.82, 2.24) is 5.32 Å². The largest absolute Gasteiger partial charge is 0.476 e. The summed E-state index contributed by atoms with van der Waals surface area (Å²) in [5.74, 6) is 0.449. The van der Waals surface area contributed by atoms with Crippen molar-refractivity contribution in [3.63, 3.8) is 0 Å². The zero-order valence-electron chi connectivity index (χ0n) is 19.8. The minimum Gasteiger partial charge on any atom is -0.476 e. The van der Waals surface area contributed by atoms with Gasteiger partial charge in [-0.25, -0.2) is 4.79 Å². The third-order valence-corrected chi connectivity index (χ3v) is 6.70. The molecule has 0 aromatic heterocycles. The van der Waals surface area contributed by atoms with Crippen molar-refractivity contribution in [3.05, 3.63) is 58.7 Å². The fraction of sp³-hybridized carbons (Fsp3) is 0.462. The molecule has 1 saturated heterocycles. The Bertz CT molecular complexity index is 967. The van der Waals surface area contributed by atoms with Crippen molar-refractivity contribution in [3.8, 4) is 5.75 Å². The first-order chi connectivity index (χ1) is 15.2. The van der Waals surface area contributed by atoms with Crippen LogP contribution >= 0.6 is 11.8 Å². The number of rotatable bonds is 8. The van der Waals surface area contributed by atoms with Crippen LogP contribution in [0, 0.1) is 19.8 Å². The molecule has 1 aliphatic rings. The number of carbonyl (C=O) groups is 2. The quantitative estimate of drug-likeness (QED) is 0.335. The highest BCUT2D eigenvalue weighted by atomic mass is 32.2. The summed E-state index contributed by atoms with van der Waals surface area (Å²) in [7, 11) is 0. The lowest BCUT2D eigenvalue weighted by Gasteiger charge is -2.27. The predicted molar refractivity (Wildman–Crippen MR) is 131 cm³/mol. The second-order valence-electron chi connectivity index (χ2n) is 8.78. The van der Waals surface area contributed by atoms with Gasteiger partial charge in [-0.1, -0.05) is 24.3 Å². The van der Waals surface area contributed by atoms with Crippen LogP contribution in [0.15, 0.2) is 41.3 Å². The van der Waals surface area contributed by atoms with Gasteiger partial charge in [-0.2, -0.15) is 0 Å². The van der Waals surface area contributed by atoms with Crippen molar-refractivity contribution < 1.29 is 20.5 Å². The highest BCUT2D eigenvalue weighted by Crippen LogP contribution is 2.36. The summed E-state index contributed by atoms with van der Waals surface area (Å²) in [4.78, 5) is 26.7. The minimum absolute atomic E-state index is 0. The van der Waals surface area contributed by atoms with Crippen molar-refractivity contribution in [2.75, 3.05) is 26.0 Å². The van der Waals surface area contributed by atoms with Crippen LogP contribution in [0.3, 0.4) is 0 Å². The van der Waals surface area contributed by atoms with E-state index in [1.807, 2.05) is 44.4 Å². The maximum atomic E-state index is 13.3. The van der Waals surface area contributed by atoms with Crippen LogP contribution in [0.25, 0.3) is 0 Å². The van der Waals surface area contributed by atoms with Gasteiger partial charge < -0.3 is 14.8 Å². The van der Waals surface area contributed by atoms with E-state index < -0.39 is 5.60 Å². The number of thioether (sulfide) groups is 1. The smallest absolute Gasteiger partial charge is 0.349 e. The Morgan fingerprint density at radius 1 is 1.12 bits per heavy atom. The standard InChI is InChI=1S/C26H33NO4S.H2/c1-7-30-25(29)26(4,5)31-24-16(2)12-19(13-17(24)3)21-14-27-15-22(21)23(28)18-8-10-20(32-6)11-9-18;/h8-13,21-22,27H,7,14-15H2,1-6H3;1H/t21-,22?;/m0./s1. The molecule has 1 unspecified atom stereocenters. The van der Waals surface area contributed by atoms with E-state index in [4.69, 9.17) is 9.47 Å². The van der Waals surface area contributed by atoms with Gasteiger partial charge in [0.25, 0.3) is 0 Å². The molecular formula is C26H35NO4S. The first-order valence-electron chi connectivity index (χ1n) is 11.0. The number of ether oxygens (including phenoxy) is 2. The normalized spacial score (nSPS) is 18.4. The van der Waals surface area contributed by atoms with E-state index in [2.05, 4.69) is 17.4 Å². The highest BCUT2D eigenvalue weighted by Gasteiger charge is 2.36.